The molecule has 0 unspecified atom stereocenters. The Morgan fingerprint density at radius 1 is 0.255 bits per heavy atom. The van der Waals surface area contributed by atoms with E-state index >= 15 is 0 Å². The molecule has 7 heteroatoms. The number of para-hydroxylation sites is 6. The summed E-state index contributed by atoms with van der Waals surface area (Å²) in [4.78, 5) is 11.4. The topological polar surface area (TPSA) is 69.3 Å². The zero-order chi connectivity index (χ0) is 61.7. The Bertz CT molecular complexity index is 6190. The molecule has 434 valence electrons. The summed E-state index contributed by atoms with van der Waals surface area (Å²) in [6.45, 7) is 0. The van der Waals surface area contributed by atoms with E-state index in [0.29, 0.717) is 11.4 Å². The summed E-state index contributed by atoms with van der Waals surface area (Å²) in [6.07, 6.45) is 0. The van der Waals surface area contributed by atoms with Gasteiger partial charge in [-0.2, -0.15) is 5.26 Å². The van der Waals surface area contributed by atoms with Gasteiger partial charge in [-0.25, -0.2) is 9.97 Å². The van der Waals surface area contributed by atoms with Crippen molar-refractivity contribution in [2.75, 3.05) is 0 Å². The van der Waals surface area contributed by atoms with Crippen LogP contribution in [0.15, 0.2) is 309 Å². The lowest BCUT2D eigenvalue weighted by Crippen LogP contribution is -2.02. The molecule has 5 aromatic heterocycles. The second-order valence-corrected chi connectivity index (χ2v) is 24.8. The fourth-order valence-corrected chi connectivity index (χ4v) is 15.6. The van der Waals surface area contributed by atoms with Gasteiger partial charge >= 0.3 is 0 Å². The number of hydrogen-bond donors (Lipinski definition) is 0. The first-order valence-electron chi connectivity index (χ1n) is 31.9. The third-order valence-corrected chi connectivity index (χ3v) is 19.7. The standard InChI is InChI=1S/C87H51N7/c88-52-53-18-15-21-59(44-53)85-84-69-30-16-19-54-20-17-31-70(83(54)69)86(84)90-87(89-85)60-45-63(93-77-34-13-9-28-67(77)73-49-57(38-42-81(73)93)55-36-40-79-71(47-55)65-26-7-11-32-75(65)91(79)61-22-3-1-4-23-61)51-64(46-60)94-78-35-14-10-29-68(78)74-50-58(39-43-82(74)94)56-37-41-80-72(48-56)66-27-8-12-33-76(66)92(80)62-24-5-2-6-25-62/h1-51H. The Labute approximate surface area is 539 Å². The van der Waals surface area contributed by atoms with Crippen LogP contribution in [0.5, 0.6) is 0 Å². The molecule has 20 rings (SSSR count). The quantitative estimate of drug-likeness (QED) is 0.152. The van der Waals surface area contributed by atoms with Crippen molar-refractivity contribution in [3.8, 4) is 96.1 Å². The average molecular weight is 1190 g/mol. The van der Waals surface area contributed by atoms with Crippen LogP contribution in [-0.2, 0) is 0 Å². The Kier molecular flexibility index (Phi) is 11.1. The van der Waals surface area contributed by atoms with Gasteiger partial charge in [0.2, 0.25) is 0 Å². The molecule has 14 aromatic carbocycles. The van der Waals surface area contributed by atoms with E-state index < -0.39 is 0 Å². The number of rotatable bonds is 8. The smallest absolute Gasteiger partial charge is 0.160 e. The monoisotopic (exact) mass is 1190 g/mol. The number of fused-ring (bicyclic) bond motifs is 15. The maximum atomic E-state index is 10.3. The van der Waals surface area contributed by atoms with Crippen LogP contribution in [-0.4, -0.2) is 28.2 Å². The van der Waals surface area contributed by atoms with E-state index in [1.165, 1.54) is 43.6 Å². The maximum absolute atomic E-state index is 10.3. The molecule has 0 saturated carbocycles. The number of nitrogens with zero attached hydrogens (tertiary/aromatic N) is 7. The van der Waals surface area contributed by atoms with E-state index in [2.05, 4.69) is 316 Å². The molecule has 94 heavy (non-hydrogen) atoms. The zero-order valence-corrected chi connectivity index (χ0v) is 50.6. The first kappa shape index (κ1) is 51.9. The molecule has 0 amide bonds. The van der Waals surface area contributed by atoms with Gasteiger partial charge in [-0.15, -0.1) is 0 Å². The normalized spacial score (nSPS) is 12.0. The fraction of sp³-hybridized carbons (Fsp3) is 0. The highest BCUT2D eigenvalue weighted by molar-refractivity contribution is 6.18. The summed E-state index contributed by atoms with van der Waals surface area (Å²) in [5, 5.41) is 22.1. The predicted molar refractivity (Wildman–Crippen MR) is 388 cm³/mol. The van der Waals surface area contributed by atoms with Crippen LogP contribution in [0.1, 0.15) is 5.56 Å². The van der Waals surface area contributed by atoms with Crippen molar-refractivity contribution in [1.82, 2.24) is 28.2 Å². The maximum Gasteiger partial charge on any atom is 0.160 e. The van der Waals surface area contributed by atoms with E-state index in [0.717, 1.165) is 139 Å². The van der Waals surface area contributed by atoms with Crippen LogP contribution in [0.4, 0.5) is 0 Å². The molecule has 0 radical (unpaired) electrons. The van der Waals surface area contributed by atoms with Crippen molar-refractivity contribution in [3.05, 3.63) is 315 Å². The van der Waals surface area contributed by atoms with Gasteiger partial charge in [0.15, 0.2) is 5.82 Å². The number of benzene rings is 14. The van der Waals surface area contributed by atoms with Crippen LogP contribution in [0, 0.1) is 11.3 Å². The van der Waals surface area contributed by atoms with Gasteiger partial charge in [-0.1, -0.05) is 182 Å². The predicted octanol–water partition coefficient (Wildman–Crippen LogP) is 22.2. The highest BCUT2D eigenvalue weighted by Gasteiger charge is 2.30. The molecule has 0 spiro atoms. The number of aromatic nitrogens is 6. The highest BCUT2D eigenvalue weighted by Crippen LogP contribution is 2.51. The summed E-state index contributed by atoms with van der Waals surface area (Å²) in [5.74, 6) is 0.586. The average Bonchev–Trinajstić information content (AvgIpc) is 1.58. The van der Waals surface area contributed by atoms with Crippen LogP contribution >= 0.6 is 0 Å². The van der Waals surface area contributed by atoms with Crippen molar-refractivity contribution in [1.29, 1.82) is 5.26 Å². The van der Waals surface area contributed by atoms with E-state index in [4.69, 9.17) is 9.97 Å². The van der Waals surface area contributed by atoms with Crippen LogP contribution in [0.3, 0.4) is 0 Å². The summed E-state index contributed by atoms with van der Waals surface area (Å²) in [5.41, 5.74) is 24.9. The van der Waals surface area contributed by atoms with Crippen molar-refractivity contribution in [2.24, 2.45) is 0 Å². The molecule has 19 aromatic rings. The van der Waals surface area contributed by atoms with Crippen LogP contribution in [0.2, 0.25) is 0 Å². The van der Waals surface area contributed by atoms with Crippen molar-refractivity contribution >= 4 is 98.0 Å². The van der Waals surface area contributed by atoms with Gasteiger partial charge in [0.05, 0.1) is 67.2 Å². The fourth-order valence-electron chi connectivity index (χ4n) is 15.6. The molecular formula is C87H51N7. The molecule has 7 nitrogen and oxygen atoms in total. The highest BCUT2D eigenvalue weighted by atomic mass is 15.0. The molecular weight excluding hydrogens is 1140 g/mol. The second-order valence-electron chi connectivity index (χ2n) is 24.8. The van der Waals surface area contributed by atoms with E-state index in [1.54, 1.807) is 0 Å². The summed E-state index contributed by atoms with van der Waals surface area (Å²) < 4.78 is 9.60. The van der Waals surface area contributed by atoms with Crippen molar-refractivity contribution < 1.29 is 0 Å². The number of hydrogen-bond acceptors (Lipinski definition) is 3. The lowest BCUT2D eigenvalue weighted by Gasteiger charge is -2.17. The number of nitriles is 1. The summed E-state index contributed by atoms with van der Waals surface area (Å²) in [7, 11) is 0. The minimum atomic E-state index is 0.570. The van der Waals surface area contributed by atoms with Gasteiger partial charge in [-0.3, -0.25) is 0 Å². The van der Waals surface area contributed by atoms with Crippen LogP contribution in [0.25, 0.3) is 188 Å². The van der Waals surface area contributed by atoms with Gasteiger partial charge in [0, 0.05) is 88.1 Å². The lowest BCUT2D eigenvalue weighted by atomic mass is 9.98. The lowest BCUT2D eigenvalue weighted by molar-refractivity contribution is 1.12. The SMILES string of the molecule is N#Cc1cccc(-c2nc(-c3cc(-n4c5ccccc5c5cc(-c6ccc7c(c6)c6ccccc6n7-c6ccccc6)ccc54)cc(-n4c5ccccc5c5cc(-c6ccc7c(c6)c6ccccc6n7-c6ccccc6)ccc54)c3)nc3c2-c2cccc4cccc-3c24)c1. The Morgan fingerprint density at radius 3 is 1.09 bits per heavy atom. The molecule has 0 saturated heterocycles. The first-order valence-corrected chi connectivity index (χ1v) is 31.9. The van der Waals surface area contributed by atoms with Crippen LogP contribution < -0.4 is 0 Å². The third kappa shape index (κ3) is 7.65. The molecule has 0 fully saturated rings. The van der Waals surface area contributed by atoms with Gasteiger partial charge in [-0.05, 0) is 166 Å². The molecule has 0 bridgehead atoms. The molecule has 0 N–H and O–H groups in total. The largest absolute Gasteiger partial charge is 0.309 e. The van der Waals surface area contributed by atoms with E-state index in [9.17, 15) is 5.26 Å². The molecule has 1 aliphatic rings. The Hall–Kier alpha value is -12.9. The summed E-state index contributed by atoms with van der Waals surface area (Å²) >= 11 is 0. The second kappa shape index (κ2) is 20.1. The zero-order valence-electron chi connectivity index (χ0n) is 50.6. The Balaban J connectivity index is 0.810. The molecule has 0 atom stereocenters. The minimum Gasteiger partial charge on any atom is -0.309 e. The molecule has 5 heterocycles. The summed E-state index contributed by atoms with van der Waals surface area (Å²) in [6, 6.07) is 114. The molecule has 0 aliphatic heterocycles. The Morgan fingerprint density at radius 2 is 0.638 bits per heavy atom. The van der Waals surface area contributed by atoms with E-state index in [-0.39, 0.29) is 0 Å². The molecule has 1 aliphatic carbocycles. The first-order chi connectivity index (χ1) is 46.6. The van der Waals surface area contributed by atoms with Gasteiger partial charge in [0.25, 0.3) is 0 Å². The van der Waals surface area contributed by atoms with Crippen molar-refractivity contribution in [2.45, 2.75) is 0 Å². The van der Waals surface area contributed by atoms with Gasteiger partial charge < -0.3 is 18.3 Å². The third-order valence-electron chi connectivity index (χ3n) is 19.7. The van der Waals surface area contributed by atoms with E-state index in [1.807, 2.05) is 18.2 Å². The van der Waals surface area contributed by atoms with Crippen molar-refractivity contribution in [3.63, 3.8) is 0 Å². The van der Waals surface area contributed by atoms with Gasteiger partial charge in [0.1, 0.15) is 0 Å². The minimum absolute atomic E-state index is 0.570.